The highest BCUT2D eigenvalue weighted by Gasteiger charge is 2.07. The summed E-state index contributed by atoms with van der Waals surface area (Å²) in [6, 6.07) is 0. The molecule has 0 saturated heterocycles. The van der Waals surface area contributed by atoms with E-state index in [0.29, 0.717) is 0 Å². The topological polar surface area (TPSA) is 92.2 Å². The molecule has 0 aliphatic rings. The lowest BCUT2D eigenvalue weighted by Crippen LogP contribution is -2.32. The van der Waals surface area contributed by atoms with E-state index in [4.69, 9.17) is 5.11 Å². The van der Waals surface area contributed by atoms with Crippen molar-refractivity contribution in [2.24, 2.45) is 0 Å². The number of carbonyl (C=O) groups is 1. The number of nitrogens with zero attached hydrogens (tertiary/aromatic N) is 1. The standard InChI is InChI=1S/C7H8N2O4/c1-4(11)5-2-9(3-10)7(13)8-6(5)12/h2,10H,3H2,1H3,(H,8,12,13). The largest absolute Gasteiger partial charge is 0.376 e. The summed E-state index contributed by atoms with van der Waals surface area (Å²) in [5, 5.41) is 8.65. The fourth-order valence-corrected chi connectivity index (χ4v) is 0.865. The second kappa shape index (κ2) is 3.36. The van der Waals surface area contributed by atoms with E-state index in [1.54, 1.807) is 0 Å². The molecule has 13 heavy (non-hydrogen) atoms. The Balaban J connectivity index is 3.48. The van der Waals surface area contributed by atoms with E-state index in [0.717, 1.165) is 10.8 Å². The van der Waals surface area contributed by atoms with E-state index in [-0.39, 0.29) is 5.56 Å². The second-order valence-electron chi connectivity index (χ2n) is 2.47. The Hall–Kier alpha value is -1.69. The normalized spacial score (nSPS) is 10.0. The van der Waals surface area contributed by atoms with Crippen molar-refractivity contribution in [1.82, 2.24) is 9.55 Å². The first kappa shape index (κ1) is 9.40. The van der Waals surface area contributed by atoms with Crippen molar-refractivity contribution in [3.63, 3.8) is 0 Å². The first-order chi connectivity index (χ1) is 6.06. The lowest BCUT2D eigenvalue weighted by Gasteiger charge is -2.00. The van der Waals surface area contributed by atoms with Crippen LogP contribution in [0.2, 0.25) is 0 Å². The molecule has 0 amide bonds. The highest BCUT2D eigenvalue weighted by atomic mass is 16.3. The zero-order chi connectivity index (χ0) is 10.0. The maximum absolute atomic E-state index is 11.0. The summed E-state index contributed by atoms with van der Waals surface area (Å²) in [4.78, 5) is 34.6. The van der Waals surface area contributed by atoms with Gasteiger partial charge in [0.15, 0.2) is 5.78 Å². The van der Waals surface area contributed by atoms with Gasteiger partial charge in [-0.2, -0.15) is 0 Å². The molecule has 0 aromatic carbocycles. The molecular formula is C7H8N2O4. The number of hydrogen-bond acceptors (Lipinski definition) is 4. The van der Waals surface area contributed by atoms with E-state index in [1.165, 1.54) is 6.92 Å². The van der Waals surface area contributed by atoms with Gasteiger partial charge in [-0.05, 0) is 6.92 Å². The number of aliphatic hydroxyl groups excluding tert-OH is 1. The Labute approximate surface area is 72.5 Å². The van der Waals surface area contributed by atoms with Crippen LogP contribution in [0.3, 0.4) is 0 Å². The monoisotopic (exact) mass is 184 g/mol. The number of H-pyrrole nitrogens is 1. The van der Waals surface area contributed by atoms with E-state index in [2.05, 4.69) is 0 Å². The maximum Gasteiger partial charge on any atom is 0.330 e. The van der Waals surface area contributed by atoms with E-state index >= 15 is 0 Å². The summed E-state index contributed by atoms with van der Waals surface area (Å²) >= 11 is 0. The Kier molecular flexibility index (Phi) is 2.43. The van der Waals surface area contributed by atoms with Gasteiger partial charge in [-0.25, -0.2) is 4.79 Å². The van der Waals surface area contributed by atoms with Gasteiger partial charge in [0.05, 0.1) is 5.56 Å². The molecule has 0 atom stereocenters. The van der Waals surface area contributed by atoms with Crippen LogP contribution < -0.4 is 11.2 Å². The van der Waals surface area contributed by atoms with Crippen molar-refractivity contribution in [1.29, 1.82) is 0 Å². The van der Waals surface area contributed by atoms with Crippen LogP contribution in [0.5, 0.6) is 0 Å². The quantitative estimate of drug-likeness (QED) is 0.558. The van der Waals surface area contributed by atoms with Crippen molar-refractivity contribution in [2.75, 3.05) is 0 Å². The molecule has 1 rings (SSSR count). The predicted octanol–water partition coefficient (Wildman–Crippen LogP) is -1.31. The third-order valence-corrected chi connectivity index (χ3v) is 1.54. The molecule has 1 aromatic heterocycles. The zero-order valence-electron chi connectivity index (χ0n) is 6.90. The molecule has 0 aliphatic heterocycles. The number of Topliss-reactive ketones (excluding diaryl/α,β-unsaturated/α-hetero) is 1. The zero-order valence-corrected chi connectivity index (χ0v) is 6.90. The smallest absolute Gasteiger partial charge is 0.330 e. The summed E-state index contributed by atoms with van der Waals surface area (Å²) in [6.07, 6.45) is 1.03. The fourth-order valence-electron chi connectivity index (χ4n) is 0.865. The minimum absolute atomic E-state index is 0.145. The second-order valence-corrected chi connectivity index (χ2v) is 2.47. The highest BCUT2D eigenvalue weighted by Crippen LogP contribution is 1.88. The third kappa shape index (κ3) is 1.73. The van der Waals surface area contributed by atoms with Crippen molar-refractivity contribution >= 4 is 5.78 Å². The molecule has 0 bridgehead atoms. The average molecular weight is 184 g/mol. The molecule has 2 N–H and O–H groups in total. The van der Waals surface area contributed by atoms with Crippen molar-refractivity contribution in [2.45, 2.75) is 13.7 Å². The van der Waals surface area contributed by atoms with Crippen LogP contribution >= 0.6 is 0 Å². The van der Waals surface area contributed by atoms with Crippen LogP contribution in [-0.2, 0) is 6.73 Å². The fraction of sp³-hybridized carbons (Fsp3) is 0.286. The molecular weight excluding hydrogens is 176 g/mol. The number of nitrogens with one attached hydrogen (secondary N) is 1. The molecule has 1 heterocycles. The summed E-state index contributed by atoms with van der Waals surface area (Å²) in [5.74, 6) is -0.455. The van der Waals surface area contributed by atoms with Gasteiger partial charge < -0.3 is 5.11 Å². The predicted molar refractivity (Wildman–Crippen MR) is 43.5 cm³/mol. The van der Waals surface area contributed by atoms with E-state index in [1.807, 2.05) is 4.98 Å². The molecule has 0 fully saturated rings. The SMILES string of the molecule is CC(=O)c1cn(CO)c(=O)[nH]c1=O. The molecule has 6 nitrogen and oxygen atoms in total. The van der Waals surface area contributed by atoms with Crippen molar-refractivity contribution < 1.29 is 9.90 Å². The van der Waals surface area contributed by atoms with Crippen molar-refractivity contribution in [3.8, 4) is 0 Å². The lowest BCUT2D eigenvalue weighted by atomic mass is 10.2. The lowest BCUT2D eigenvalue weighted by molar-refractivity contribution is 0.101. The van der Waals surface area contributed by atoms with Gasteiger partial charge in [-0.15, -0.1) is 0 Å². The number of hydrogen-bond donors (Lipinski definition) is 2. The van der Waals surface area contributed by atoms with Gasteiger partial charge in [0.25, 0.3) is 5.56 Å². The minimum Gasteiger partial charge on any atom is -0.376 e. The minimum atomic E-state index is -0.738. The van der Waals surface area contributed by atoms with Crippen LogP contribution in [0.4, 0.5) is 0 Å². The summed E-state index contributed by atoms with van der Waals surface area (Å²) in [7, 11) is 0. The molecule has 6 heteroatoms. The van der Waals surface area contributed by atoms with Gasteiger partial charge in [0.2, 0.25) is 0 Å². The Morgan fingerprint density at radius 2 is 2.23 bits per heavy atom. The number of carbonyl (C=O) groups excluding carboxylic acids is 1. The Morgan fingerprint density at radius 3 is 2.69 bits per heavy atom. The molecule has 0 unspecified atom stereocenters. The number of aromatic nitrogens is 2. The number of aromatic amines is 1. The van der Waals surface area contributed by atoms with Crippen LogP contribution in [0.1, 0.15) is 17.3 Å². The highest BCUT2D eigenvalue weighted by molar-refractivity contribution is 5.93. The summed E-state index contributed by atoms with van der Waals surface area (Å²) in [6.45, 7) is 0.632. The summed E-state index contributed by atoms with van der Waals surface area (Å²) in [5.41, 5.74) is -1.62. The van der Waals surface area contributed by atoms with E-state index < -0.39 is 23.8 Å². The molecule has 0 saturated carbocycles. The van der Waals surface area contributed by atoms with Gasteiger partial charge in [0.1, 0.15) is 6.73 Å². The first-order valence-corrected chi connectivity index (χ1v) is 3.52. The van der Waals surface area contributed by atoms with Crippen LogP contribution in [-0.4, -0.2) is 20.4 Å². The van der Waals surface area contributed by atoms with Crippen molar-refractivity contribution in [3.05, 3.63) is 32.6 Å². The molecule has 0 radical (unpaired) electrons. The van der Waals surface area contributed by atoms with Gasteiger partial charge >= 0.3 is 5.69 Å². The van der Waals surface area contributed by atoms with Crippen LogP contribution in [0, 0.1) is 0 Å². The van der Waals surface area contributed by atoms with Gasteiger partial charge in [0, 0.05) is 6.20 Å². The Bertz CT molecular complexity index is 443. The average Bonchev–Trinajstić information content (AvgIpc) is 2.03. The van der Waals surface area contributed by atoms with Crippen LogP contribution in [0.15, 0.2) is 15.8 Å². The number of aliphatic hydroxyl groups is 1. The van der Waals surface area contributed by atoms with Crippen LogP contribution in [0.25, 0.3) is 0 Å². The molecule has 0 aliphatic carbocycles. The third-order valence-electron chi connectivity index (χ3n) is 1.54. The molecule has 0 spiro atoms. The molecule has 1 aromatic rings. The first-order valence-electron chi connectivity index (χ1n) is 3.52. The van der Waals surface area contributed by atoms with E-state index in [9.17, 15) is 14.4 Å². The molecule has 70 valence electrons. The maximum atomic E-state index is 11.0. The number of ketones is 1. The van der Waals surface area contributed by atoms with Gasteiger partial charge in [-0.1, -0.05) is 0 Å². The van der Waals surface area contributed by atoms with Gasteiger partial charge in [-0.3, -0.25) is 19.1 Å². The number of rotatable bonds is 2. The Morgan fingerprint density at radius 1 is 1.62 bits per heavy atom. The summed E-state index contributed by atoms with van der Waals surface area (Å²) < 4.78 is 0.831.